The van der Waals surface area contributed by atoms with E-state index < -0.39 is 0 Å². The summed E-state index contributed by atoms with van der Waals surface area (Å²) in [6, 6.07) is 8.19. The third-order valence-electron chi connectivity index (χ3n) is 2.59. The third-order valence-corrected chi connectivity index (χ3v) is 16.8. The number of carbonyl (C=O) groups is 1. The van der Waals surface area contributed by atoms with Gasteiger partial charge in [-0.25, -0.2) is 0 Å². The molecule has 0 saturated heterocycles. The van der Waals surface area contributed by atoms with Crippen molar-refractivity contribution in [3.8, 4) is 0 Å². The predicted molar refractivity (Wildman–Crippen MR) is 91.9 cm³/mol. The maximum Gasteiger partial charge on any atom is 0.228 e. The number of fused-ring (bicyclic) bond motifs is 3. The van der Waals surface area contributed by atoms with Crippen molar-refractivity contribution < 1.29 is 4.79 Å². The first-order valence-corrected chi connectivity index (χ1v) is 14.2. The highest BCUT2D eigenvalue weighted by atomic mass is 128. The van der Waals surface area contributed by atoms with E-state index in [1.54, 1.807) is 6.92 Å². The van der Waals surface area contributed by atoms with E-state index >= 15 is 0 Å². The summed E-state index contributed by atoms with van der Waals surface area (Å²) >= 11 is 3.72. The molecule has 1 aliphatic heterocycles. The van der Waals surface area contributed by atoms with E-state index in [2.05, 4.69) is 28.1 Å². The molecular formula is C12H8BrI2NO. The highest BCUT2D eigenvalue weighted by Crippen LogP contribution is 2.45. The third kappa shape index (κ3) is 1.99. The summed E-state index contributed by atoms with van der Waals surface area (Å²) in [6.45, 7) is 1.65. The monoisotopic (exact) mass is 515 g/mol. The summed E-state index contributed by atoms with van der Waals surface area (Å²) in [7, 11) is 0. The number of nitrogens with zero attached hydrogens (tertiary/aromatic N) is 1. The van der Waals surface area contributed by atoms with E-state index in [9.17, 15) is 4.79 Å². The van der Waals surface area contributed by atoms with Gasteiger partial charge in [0.1, 0.15) is 0 Å². The molecule has 0 amide bonds. The van der Waals surface area contributed by atoms with E-state index in [-0.39, 0.29) is 39.1 Å². The van der Waals surface area contributed by atoms with Gasteiger partial charge in [-0.1, -0.05) is 18.2 Å². The van der Waals surface area contributed by atoms with Gasteiger partial charge in [-0.15, -0.1) is 0 Å². The van der Waals surface area contributed by atoms with E-state index in [1.807, 2.05) is 22.8 Å². The van der Waals surface area contributed by atoms with Crippen LogP contribution in [0.25, 0.3) is 17.0 Å². The number of hydrogen-bond donors (Lipinski definition) is 0. The van der Waals surface area contributed by atoms with Crippen molar-refractivity contribution in [2.45, 2.75) is 6.92 Å². The Balaban J connectivity index is 2.50. The van der Waals surface area contributed by atoms with Gasteiger partial charge in [0.15, 0.2) is 0 Å². The number of carbonyl (C=O) groups excluding carboxylic acids is 1. The second kappa shape index (κ2) is 4.65. The molecule has 0 unspecified atom stereocenters. The Bertz CT molecular complexity index is 700. The molecular weight excluding hydrogens is 508 g/mol. The van der Waals surface area contributed by atoms with Gasteiger partial charge in [-0.05, 0) is 61.3 Å². The molecule has 0 bridgehead atoms. The van der Waals surface area contributed by atoms with Crippen molar-refractivity contribution >= 4 is 72.0 Å². The Morgan fingerprint density at radius 3 is 2.82 bits per heavy atom. The molecule has 1 aliphatic rings. The second-order valence-electron chi connectivity index (χ2n) is 3.65. The number of benzene rings is 1. The van der Waals surface area contributed by atoms with Crippen LogP contribution < -0.4 is 0 Å². The molecule has 5 heteroatoms. The van der Waals surface area contributed by atoms with Crippen molar-refractivity contribution in [1.82, 2.24) is 4.57 Å². The van der Waals surface area contributed by atoms with Crippen LogP contribution in [0.4, 0.5) is 0 Å². The normalized spacial score (nSPS) is 14.6. The van der Waals surface area contributed by atoms with Gasteiger partial charge in [0.25, 0.3) is 0 Å². The van der Waals surface area contributed by atoms with Gasteiger partial charge in [0.05, 0.1) is 11.7 Å². The Hall–Kier alpha value is 0.110. The minimum absolute atomic E-state index is 0.0117. The smallest absolute Gasteiger partial charge is 0.228 e. The number of hydrogen-bond acceptors (Lipinski definition) is 1. The summed E-state index contributed by atoms with van der Waals surface area (Å²) in [5.74, 6) is 0.137. The quantitative estimate of drug-likeness (QED) is 0.451. The lowest BCUT2D eigenvalue weighted by molar-refractivity contribution is 0.0939. The molecule has 1 aromatic carbocycles. The van der Waals surface area contributed by atoms with E-state index in [1.165, 1.54) is 17.1 Å². The summed E-state index contributed by atoms with van der Waals surface area (Å²) in [6.07, 6.45) is 2.22. The standard InChI is InChI=1S/C12H8BrI2NO/c1-7(17)16-10-5-3-2-4-8(10)9-6-11(13)14-15-12(9)16/h2-6H,1H3. The van der Waals surface area contributed by atoms with Gasteiger partial charge in [-0.2, -0.15) is 0 Å². The summed E-state index contributed by atoms with van der Waals surface area (Å²) in [5.41, 5.74) is 2.33. The second-order valence-corrected chi connectivity index (χ2v) is 14.5. The van der Waals surface area contributed by atoms with Crippen LogP contribution in [0, 0.1) is 3.70 Å². The van der Waals surface area contributed by atoms with Crippen LogP contribution in [-0.4, -0.2) is 10.5 Å². The molecule has 88 valence electrons. The van der Waals surface area contributed by atoms with Crippen LogP contribution in [0.1, 0.15) is 17.3 Å². The summed E-state index contributed by atoms with van der Waals surface area (Å²) < 4.78 is 4.59. The van der Waals surface area contributed by atoms with Crippen molar-refractivity contribution in [3.05, 3.63) is 36.0 Å². The van der Waals surface area contributed by atoms with Crippen LogP contribution in [0.5, 0.6) is 0 Å². The lowest BCUT2D eigenvalue weighted by Gasteiger charge is -2.04. The fourth-order valence-corrected chi connectivity index (χ4v) is 13.1. The van der Waals surface area contributed by atoms with Crippen LogP contribution >= 0.6 is 49.1 Å². The van der Waals surface area contributed by atoms with Crippen molar-refractivity contribution in [2.75, 3.05) is 0 Å². The van der Waals surface area contributed by atoms with Gasteiger partial charge in [-0.3, -0.25) is 9.36 Å². The largest absolute Gasteiger partial charge is 0.274 e. The molecule has 0 N–H and O–H groups in total. The summed E-state index contributed by atoms with van der Waals surface area (Å²) in [5, 5.41) is 1.21. The number of rotatable bonds is 0. The topological polar surface area (TPSA) is 22.0 Å². The fraction of sp³-hybridized carbons (Fsp3) is 0.0833. The zero-order valence-corrected chi connectivity index (χ0v) is 14.8. The molecule has 2 heterocycles. The Morgan fingerprint density at radius 2 is 2.06 bits per heavy atom. The summed E-state index contributed by atoms with van der Waals surface area (Å²) in [4.78, 5) is 11.8. The van der Waals surface area contributed by atoms with E-state index in [4.69, 9.17) is 0 Å². The maximum absolute atomic E-state index is 11.8. The van der Waals surface area contributed by atoms with Gasteiger partial charge < -0.3 is 0 Å². The van der Waals surface area contributed by atoms with Crippen LogP contribution in [0.3, 0.4) is 0 Å². The zero-order valence-electron chi connectivity index (χ0n) is 8.88. The zero-order chi connectivity index (χ0) is 12.0. The minimum Gasteiger partial charge on any atom is -0.274 e. The molecule has 0 radical (unpaired) electrons. The van der Waals surface area contributed by atoms with Crippen LogP contribution in [0.15, 0.2) is 26.8 Å². The lowest BCUT2D eigenvalue weighted by Crippen LogP contribution is -2.07. The highest BCUT2D eigenvalue weighted by Gasteiger charge is 2.18. The Kier molecular flexibility index (Phi) is 3.33. The minimum atomic E-state index is -0.0117. The SMILES string of the molecule is CC(=O)n1c2c(c3ccccc31)C=C(Br)I=I2. The van der Waals surface area contributed by atoms with Crippen molar-refractivity contribution in [2.24, 2.45) is 0 Å². The lowest BCUT2D eigenvalue weighted by atomic mass is 10.2. The molecule has 1 aromatic heterocycles. The average molecular weight is 516 g/mol. The first kappa shape index (κ1) is 12.2. The van der Waals surface area contributed by atoms with Gasteiger partial charge in [0.2, 0.25) is 5.91 Å². The van der Waals surface area contributed by atoms with Crippen molar-refractivity contribution in [3.63, 3.8) is 0 Å². The molecule has 0 fully saturated rings. The molecule has 0 spiro atoms. The molecule has 0 aliphatic carbocycles. The number of para-hydroxylation sites is 1. The highest BCUT2D eigenvalue weighted by molar-refractivity contribution is 14.8. The molecule has 3 rings (SSSR count). The molecule has 2 aromatic rings. The van der Waals surface area contributed by atoms with E-state index in [0.717, 1.165) is 5.52 Å². The number of halogens is 3. The first-order valence-electron chi connectivity index (χ1n) is 4.99. The van der Waals surface area contributed by atoms with Crippen LogP contribution in [0.2, 0.25) is 0 Å². The van der Waals surface area contributed by atoms with Crippen LogP contribution in [-0.2, 0) is 0 Å². The first-order chi connectivity index (χ1) is 8.18. The maximum atomic E-state index is 11.8. The molecule has 17 heavy (non-hydrogen) atoms. The predicted octanol–water partition coefficient (Wildman–Crippen LogP) is 5.03. The molecule has 0 atom stereocenters. The average Bonchev–Trinajstić information content (AvgIpc) is 2.63. The molecule has 0 saturated carbocycles. The van der Waals surface area contributed by atoms with Gasteiger partial charge >= 0.3 is 0 Å². The van der Waals surface area contributed by atoms with Crippen molar-refractivity contribution in [1.29, 1.82) is 0 Å². The Morgan fingerprint density at radius 1 is 1.29 bits per heavy atom. The van der Waals surface area contributed by atoms with Gasteiger partial charge in [0, 0.05) is 17.9 Å². The fourth-order valence-electron chi connectivity index (χ4n) is 1.95. The van der Waals surface area contributed by atoms with E-state index in [0.29, 0.717) is 0 Å². The number of aromatic nitrogens is 1. The Labute approximate surface area is 123 Å². The molecule has 2 nitrogen and oxygen atoms in total.